The highest BCUT2D eigenvalue weighted by atomic mass is 32.2. The van der Waals surface area contributed by atoms with E-state index in [0.29, 0.717) is 5.56 Å². The van der Waals surface area contributed by atoms with Gasteiger partial charge in [-0.15, -0.1) is 0 Å². The topological polar surface area (TPSA) is 122 Å². The number of ether oxygens (including phenoxy) is 2. The van der Waals surface area contributed by atoms with Gasteiger partial charge < -0.3 is 19.4 Å². The lowest BCUT2D eigenvalue weighted by atomic mass is 9.83. The lowest BCUT2D eigenvalue weighted by Gasteiger charge is -2.27. The molecule has 1 aliphatic rings. The van der Waals surface area contributed by atoms with Gasteiger partial charge in [-0.25, -0.2) is 0 Å². The third-order valence-corrected chi connectivity index (χ3v) is 9.25. The fraction of sp³-hybridized carbons (Fsp3) is 0.297. The summed E-state index contributed by atoms with van der Waals surface area (Å²) in [5.74, 6) is -2.67. The molecule has 9 heteroatoms. The van der Waals surface area contributed by atoms with Crippen LogP contribution in [0.5, 0.6) is 5.75 Å². The predicted octanol–water partition coefficient (Wildman–Crippen LogP) is 6.51. The van der Waals surface area contributed by atoms with Crippen molar-refractivity contribution in [2.24, 2.45) is 11.7 Å². The van der Waals surface area contributed by atoms with Gasteiger partial charge in [-0.3, -0.25) is 9.59 Å². The molecule has 5 rings (SSSR count). The number of carbonyl (C=O) groups is 2. The largest absolute Gasteiger partial charge is 0.464 e. The number of hydrogen-bond acceptors (Lipinski definition) is 8. The molecular formula is C37H39NO7S. The molecule has 0 saturated carbocycles. The maximum absolute atomic E-state index is 14.0. The molecular weight excluding hydrogens is 602 g/mol. The molecule has 2 N–H and O–H groups in total. The highest BCUT2D eigenvalue weighted by Crippen LogP contribution is 2.45. The molecule has 1 aliphatic carbocycles. The molecule has 0 heterocycles. The summed E-state index contributed by atoms with van der Waals surface area (Å²) in [7, 11) is -4.07. The van der Waals surface area contributed by atoms with Gasteiger partial charge in [0, 0.05) is 5.92 Å². The van der Waals surface area contributed by atoms with Crippen molar-refractivity contribution in [1.29, 1.82) is 0 Å². The zero-order valence-corrected chi connectivity index (χ0v) is 27.3. The lowest BCUT2D eigenvalue weighted by molar-refractivity contribution is -0.157. The van der Waals surface area contributed by atoms with Crippen LogP contribution in [0.15, 0.2) is 102 Å². The van der Waals surface area contributed by atoms with Crippen molar-refractivity contribution in [2.45, 2.75) is 56.4 Å². The molecule has 0 radical (unpaired) electrons. The van der Waals surface area contributed by atoms with Gasteiger partial charge in [-0.05, 0) is 92.2 Å². The van der Waals surface area contributed by atoms with Gasteiger partial charge in [0.1, 0.15) is 22.9 Å². The van der Waals surface area contributed by atoms with Crippen LogP contribution in [-0.2, 0) is 29.2 Å². The van der Waals surface area contributed by atoms with Crippen molar-refractivity contribution in [3.63, 3.8) is 0 Å². The summed E-state index contributed by atoms with van der Waals surface area (Å²) in [5, 5.41) is 0. The minimum absolute atomic E-state index is 0.00809. The summed E-state index contributed by atoms with van der Waals surface area (Å²) >= 11 is 0. The third-order valence-electron chi connectivity index (χ3n) is 7.99. The first-order chi connectivity index (χ1) is 21.9. The molecule has 46 heavy (non-hydrogen) atoms. The maximum atomic E-state index is 14.0. The quantitative estimate of drug-likeness (QED) is 0.145. The first-order valence-corrected chi connectivity index (χ1v) is 16.6. The van der Waals surface area contributed by atoms with E-state index in [1.807, 2.05) is 43.3 Å². The van der Waals surface area contributed by atoms with E-state index in [-0.39, 0.29) is 36.1 Å². The summed E-state index contributed by atoms with van der Waals surface area (Å²) in [5.41, 5.74) is 11.3. The number of hydrogen-bond donors (Lipinski definition) is 1. The highest BCUT2D eigenvalue weighted by Gasteiger charge is 2.35. The van der Waals surface area contributed by atoms with Crippen LogP contribution in [0.4, 0.5) is 0 Å². The molecule has 4 aromatic carbocycles. The summed E-state index contributed by atoms with van der Waals surface area (Å²) in [6.45, 7) is 7.29. The van der Waals surface area contributed by atoms with Gasteiger partial charge in [0.2, 0.25) is 0 Å². The average molecular weight is 642 g/mol. The fourth-order valence-electron chi connectivity index (χ4n) is 5.84. The second-order valence-electron chi connectivity index (χ2n) is 12.5. The Balaban J connectivity index is 1.40. The second-order valence-corrected chi connectivity index (χ2v) is 14.1. The monoisotopic (exact) mass is 641 g/mol. The molecule has 0 bridgehead atoms. The molecule has 8 nitrogen and oxygen atoms in total. The van der Waals surface area contributed by atoms with Gasteiger partial charge >= 0.3 is 22.1 Å². The molecule has 2 atom stereocenters. The third kappa shape index (κ3) is 7.49. The molecule has 2 unspecified atom stereocenters. The summed E-state index contributed by atoms with van der Waals surface area (Å²) < 4.78 is 42.6. The van der Waals surface area contributed by atoms with Crippen LogP contribution in [0.1, 0.15) is 61.3 Å². The number of nitrogens with two attached hydrogens (primary N) is 1. The van der Waals surface area contributed by atoms with Gasteiger partial charge in [0.15, 0.2) is 0 Å². The summed E-state index contributed by atoms with van der Waals surface area (Å²) in [6, 6.07) is 28.6. The van der Waals surface area contributed by atoms with E-state index in [1.54, 1.807) is 45.0 Å². The first-order valence-electron chi connectivity index (χ1n) is 15.2. The zero-order chi connectivity index (χ0) is 33.1. The summed E-state index contributed by atoms with van der Waals surface area (Å²) in [6.07, 6.45) is -0.108. The van der Waals surface area contributed by atoms with Crippen molar-refractivity contribution in [1.82, 2.24) is 0 Å². The van der Waals surface area contributed by atoms with Crippen molar-refractivity contribution in [3.8, 4) is 16.9 Å². The van der Waals surface area contributed by atoms with Crippen LogP contribution in [0, 0.1) is 12.8 Å². The number of benzene rings is 4. The Bertz CT molecular complexity index is 1760. The number of esters is 2. The standard InChI is InChI=1S/C37H39NO7S/c1-24-13-19-28(20-14-24)46(41,42)45-27-17-15-25(16-18-27)35(26(22-38)21-34(39)44-37(2,3)4)36(40)43-23-33-31-11-7-5-9-29(31)30-10-6-8-12-32(30)33/h5-20,26,33,35H,21-23,38H2,1-4H3. The Morgan fingerprint density at radius 3 is 1.93 bits per heavy atom. The normalized spacial score (nSPS) is 14.1. The Morgan fingerprint density at radius 2 is 1.39 bits per heavy atom. The van der Waals surface area contributed by atoms with Crippen LogP contribution in [0.2, 0.25) is 0 Å². The van der Waals surface area contributed by atoms with Gasteiger partial charge in [-0.2, -0.15) is 8.42 Å². The van der Waals surface area contributed by atoms with Gasteiger partial charge in [0.05, 0.1) is 12.3 Å². The molecule has 0 fully saturated rings. The number of fused-ring (bicyclic) bond motifs is 3. The summed E-state index contributed by atoms with van der Waals surface area (Å²) in [4.78, 5) is 26.9. The fourth-order valence-corrected chi connectivity index (χ4v) is 6.77. The molecule has 0 aliphatic heterocycles. The van der Waals surface area contributed by atoms with Crippen molar-refractivity contribution >= 4 is 22.1 Å². The first kappa shape index (κ1) is 32.9. The Hall–Kier alpha value is -4.47. The van der Waals surface area contributed by atoms with Crippen LogP contribution >= 0.6 is 0 Å². The second kappa shape index (κ2) is 13.5. The van der Waals surface area contributed by atoms with Crippen molar-refractivity contribution in [3.05, 3.63) is 119 Å². The number of aryl methyl sites for hydroxylation is 1. The number of carbonyl (C=O) groups excluding carboxylic acids is 2. The predicted molar refractivity (Wildman–Crippen MR) is 176 cm³/mol. The van der Waals surface area contributed by atoms with E-state index in [0.717, 1.165) is 27.8 Å². The van der Waals surface area contributed by atoms with Crippen LogP contribution in [-0.4, -0.2) is 39.1 Å². The highest BCUT2D eigenvalue weighted by molar-refractivity contribution is 7.87. The SMILES string of the molecule is Cc1ccc(S(=O)(=O)Oc2ccc(C(C(=O)OCC3c4ccccc4-c4ccccc43)C(CN)CC(=O)OC(C)(C)C)cc2)cc1. The van der Waals surface area contributed by atoms with Crippen LogP contribution < -0.4 is 9.92 Å². The van der Waals surface area contributed by atoms with Crippen LogP contribution in [0.3, 0.4) is 0 Å². The van der Waals surface area contributed by atoms with E-state index in [2.05, 4.69) is 12.1 Å². The molecule has 240 valence electrons. The van der Waals surface area contributed by atoms with E-state index in [9.17, 15) is 18.0 Å². The lowest BCUT2D eigenvalue weighted by Crippen LogP contribution is -2.34. The number of rotatable bonds is 11. The minimum Gasteiger partial charge on any atom is -0.464 e. The smallest absolute Gasteiger partial charge is 0.339 e. The average Bonchev–Trinajstić information content (AvgIpc) is 3.33. The maximum Gasteiger partial charge on any atom is 0.339 e. The zero-order valence-electron chi connectivity index (χ0n) is 26.4. The van der Waals surface area contributed by atoms with E-state index >= 15 is 0 Å². The molecule has 0 amide bonds. The molecule has 4 aromatic rings. The van der Waals surface area contributed by atoms with Crippen LogP contribution in [0.25, 0.3) is 11.1 Å². The minimum atomic E-state index is -4.07. The molecule has 0 spiro atoms. The van der Waals surface area contributed by atoms with E-state index in [1.165, 1.54) is 24.3 Å². The Morgan fingerprint density at radius 1 is 0.826 bits per heavy atom. The van der Waals surface area contributed by atoms with E-state index in [4.69, 9.17) is 19.4 Å². The Kier molecular flexibility index (Phi) is 9.65. The molecule has 0 saturated heterocycles. The Labute approximate surface area is 270 Å². The van der Waals surface area contributed by atoms with Crippen molar-refractivity contribution in [2.75, 3.05) is 13.2 Å². The molecule has 0 aromatic heterocycles. The van der Waals surface area contributed by atoms with Gasteiger partial charge in [0.25, 0.3) is 0 Å². The van der Waals surface area contributed by atoms with Gasteiger partial charge in [-0.1, -0.05) is 78.4 Å². The van der Waals surface area contributed by atoms with Crippen molar-refractivity contribution < 1.29 is 31.7 Å². The van der Waals surface area contributed by atoms with E-state index < -0.39 is 39.5 Å².